The molecule has 19 heavy (non-hydrogen) atoms. The lowest BCUT2D eigenvalue weighted by Crippen LogP contribution is -2.31. The van der Waals surface area contributed by atoms with Gasteiger partial charge in [0.2, 0.25) is 0 Å². The summed E-state index contributed by atoms with van der Waals surface area (Å²) in [6.07, 6.45) is -0.227. The molecule has 0 radical (unpaired) electrons. The maximum atomic E-state index is 11.0. The molecule has 0 fully saturated rings. The maximum absolute atomic E-state index is 11.0. The van der Waals surface area contributed by atoms with Crippen LogP contribution in [0.4, 0.5) is 5.69 Å². The number of anilines is 1. The van der Waals surface area contributed by atoms with Crippen LogP contribution < -0.4 is 4.90 Å². The molecular formula is C15H23NO3. The van der Waals surface area contributed by atoms with Crippen molar-refractivity contribution in [3.8, 4) is 0 Å². The first-order valence-electron chi connectivity index (χ1n) is 6.74. The normalized spacial score (nSPS) is 12.2. The highest BCUT2D eigenvalue weighted by atomic mass is 16.5. The zero-order chi connectivity index (χ0) is 14.3. The van der Waals surface area contributed by atoms with Gasteiger partial charge in [-0.05, 0) is 32.9 Å². The fourth-order valence-electron chi connectivity index (χ4n) is 1.98. The Morgan fingerprint density at radius 1 is 1.32 bits per heavy atom. The van der Waals surface area contributed by atoms with Crippen molar-refractivity contribution in [1.29, 1.82) is 0 Å². The first-order chi connectivity index (χ1) is 9.08. The minimum Gasteiger partial charge on any atom is -0.479 e. The lowest BCUT2D eigenvalue weighted by atomic mass is 10.2. The molecule has 0 aliphatic heterocycles. The molecule has 0 aromatic heterocycles. The quantitative estimate of drug-likeness (QED) is 0.785. The number of aliphatic carboxylic acids is 1. The Bertz CT molecular complexity index is 389. The highest BCUT2D eigenvalue weighted by Crippen LogP contribution is 2.16. The summed E-state index contributed by atoms with van der Waals surface area (Å²) in [5.74, 6) is -0.887. The van der Waals surface area contributed by atoms with Gasteiger partial charge in [-0.2, -0.15) is 0 Å². The monoisotopic (exact) mass is 265 g/mol. The van der Waals surface area contributed by atoms with Crippen molar-refractivity contribution in [2.45, 2.75) is 33.3 Å². The molecule has 0 bridgehead atoms. The molecule has 1 unspecified atom stereocenters. The van der Waals surface area contributed by atoms with Gasteiger partial charge in [0.05, 0.1) is 0 Å². The van der Waals surface area contributed by atoms with Crippen molar-refractivity contribution >= 4 is 11.7 Å². The number of hydrogen-bond donors (Lipinski definition) is 1. The predicted octanol–water partition coefficient (Wildman–Crippen LogP) is 2.70. The van der Waals surface area contributed by atoms with Gasteiger partial charge in [0.15, 0.2) is 6.10 Å². The van der Waals surface area contributed by atoms with Crippen LogP contribution in [0.25, 0.3) is 0 Å². The minimum absolute atomic E-state index is 0.424. The Labute approximate surface area is 115 Å². The summed E-state index contributed by atoms with van der Waals surface area (Å²) in [6.45, 7) is 7.88. The summed E-state index contributed by atoms with van der Waals surface area (Å²) < 4.78 is 5.23. The van der Waals surface area contributed by atoms with E-state index in [9.17, 15) is 4.79 Å². The van der Waals surface area contributed by atoms with Gasteiger partial charge in [-0.3, -0.25) is 0 Å². The molecule has 0 saturated carbocycles. The van der Waals surface area contributed by atoms with Crippen LogP contribution in [0.3, 0.4) is 0 Å². The largest absolute Gasteiger partial charge is 0.479 e. The highest BCUT2D eigenvalue weighted by Gasteiger charge is 2.18. The van der Waals surface area contributed by atoms with E-state index in [2.05, 4.69) is 43.0 Å². The molecule has 106 valence electrons. The van der Waals surface area contributed by atoms with Crippen molar-refractivity contribution in [3.63, 3.8) is 0 Å². The molecule has 1 aromatic carbocycles. The summed E-state index contributed by atoms with van der Waals surface area (Å²) in [5, 5.41) is 9.05. The number of nitrogens with zero attached hydrogens (tertiary/aromatic N) is 1. The van der Waals surface area contributed by atoms with Gasteiger partial charge in [0, 0.05) is 31.8 Å². The van der Waals surface area contributed by atoms with Crippen LogP contribution in [-0.4, -0.2) is 36.9 Å². The average Bonchev–Trinajstić information content (AvgIpc) is 2.39. The lowest BCUT2D eigenvalue weighted by molar-refractivity contribution is -0.150. The number of rotatable bonds is 8. The molecule has 0 aliphatic carbocycles. The molecule has 0 amide bonds. The van der Waals surface area contributed by atoms with Gasteiger partial charge >= 0.3 is 5.97 Å². The first-order valence-corrected chi connectivity index (χ1v) is 6.74. The van der Waals surface area contributed by atoms with Crippen LogP contribution in [0.1, 0.15) is 25.8 Å². The zero-order valence-electron chi connectivity index (χ0n) is 11.9. The molecular weight excluding hydrogens is 242 g/mol. The Hall–Kier alpha value is -1.55. The topological polar surface area (TPSA) is 49.8 Å². The fraction of sp³-hybridized carbons (Fsp3) is 0.533. The summed E-state index contributed by atoms with van der Waals surface area (Å²) in [5.41, 5.74) is 2.34. The highest BCUT2D eigenvalue weighted by molar-refractivity contribution is 5.72. The van der Waals surface area contributed by atoms with E-state index in [1.54, 1.807) is 0 Å². The van der Waals surface area contributed by atoms with Crippen molar-refractivity contribution in [3.05, 3.63) is 29.8 Å². The van der Waals surface area contributed by atoms with E-state index in [1.807, 2.05) is 6.92 Å². The number of aryl methyl sites for hydroxylation is 1. The molecule has 0 spiro atoms. The molecule has 1 aromatic rings. The summed E-state index contributed by atoms with van der Waals surface area (Å²) in [7, 11) is 0. The van der Waals surface area contributed by atoms with E-state index >= 15 is 0 Å². The van der Waals surface area contributed by atoms with E-state index in [0.717, 1.165) is 12.2 Å². The van der Waals surface area contributed by atoms with Gasteiger partial charge in [0.1, 0.15) is 0 Å². The number of benzene rings is 1. The fourth-order valence-corrected chi connectivity index (χ4v) is 1.98. The Kier molecular flexibility index (Phi) is 6.36. The second-order valence-electron chi connectivity index (χ2n) is 4.49. The van der Waals surface area contributed by atoms with E-state index in [0.29, 0.717) is 19.6 Å². The number of hydrogen-bond acceptors (Lipinski definition) is 3. The van der Waals surface area contributed by atoms with E-state index in [-0.39, 0.29) is 0 Å². The Balaban J connectivity index is 2.61. The average molecular weight is 265 g/mol. The number of carboxylic acids is 1. The predicted molar refractivity (Wildman–Crippen MR) is 76.7 cm³/mol. The summed E-state index contributed by atoms with van der Waals surface area (Å²) in [4.78, 5) is 13.2. The molecule has 1 N–H and O–H groups in total. The van der Waals surface area contributed by atoms with Crippen LogP contribution in [0.15, 0.2) is 24.3 Å². The van der Waals surface area contributed by atoms with E-state index < -0.39 is 12.1 Å². The second kappa shape index (κ2) is 7.79. The SMILES string of the molecule is CCOC(CCN(CC)c1ccc(C)cc1)C(=O)O. The Morgan fingerprint density at radius 2 is 1.95 bits per heavy atom. The number of ether oxygens (including phenoxy) is 1. The van der Waals surface area contributed by atoms with Crippen molar-refractivity contribution in [2.75, 3.05) is 24.6 Å². The summed E-state index contributed by atoms with van der Waals surface area (Å²) >= 11 is 0. The number of carbonyl (C=O) groups is 1. The molecule has 4 nitrogen and oxygen atoms in total. The van der Waals surface area contributed by atoms with Gasteiger partial charge in [-0.15, -0.1) is 0 Å². The summed E-state index contributed by atoms with van der Waals surface area (Å²) in [6, 6.07) is 8.26. The maximum Gasteiger partial charge on any atom is 0.332 e. The third-order valence-corrected chi connectivity index (χ3v) is 3.09. The molecule has 0 aliphatic rings. The lowest BCUT2D eigenvalue weighted by Gasteiger charge is -2.24. The third-order valence-electron chi connectivity index (χ3n) is 3.09. The van der Waals surface area contributed by atoms with E-state index in [1.165, 1.54) is 5.56 Å². The molecule has 1 atom stereocenters. The first kappa shape index (κ1) is 15.5. The molecule has 4 heteroatoms. The second-order valence-corrected chi connectivity index (χ2v) is 4.49. The van der Waals surface area contributed by atoms with Gasteiger partial charge in [-0.1, -0.05) is 17.7 Å². The van der Waals surface area contributed by atoms with Crippen LogP contribution in [0, 0.1) is 6.92 Å². The standard InChI is InChI=1S/C15H23NO3/c1-4-16(13-8-6-12(3)7-9-13)11-10-14(15(17)18)19-5-2/h6-9,14H,4-5,10-11H2,1-3H3,(H,17,18). The smallest absolute Gasteiger partial charge is 0.332 e. The van der Waals surface area contributed by atoms with Gasteiger partial charge < -0.3 is 14.7 Å². The van der Waals surface area contributed by atoms with Crippen LogP contribution in [0.2, 0.25) is 0 Å². The molecule has 0 saturated heterocycles. The van der Waals surface area contributed by atoms with Gasteiger partial charge in [0.25, 0.3) is 0 Å². The van der Waals surface area contributed by atoms with E-state index in [4.69, 9.17) is 9.84 Å². The molecule has 0 heterocycles. The third kappa shape index (κ3) is 4.91. The van der Waals surface area contributed by atoms with Crippen LogP contribution in [0.5, 0.6) is 0 Å². The number of carboxylic acid groups (broad SMARTS) is 1. The minimum atomic E-state index is -0.887. The van der Waals surface area contributed by atoms with Crippen molar-refractivity contribution in [1.82, 2.24) is 0 Å². The Morgan fingerprint density at radius 3 is 2.42 bits per heavy atom. The van der Waals surface area contributed by atoms with Gasteiger partial charge in [-0.25, -0.2) is 4.79 Å². The van der Waals surface area contributed by atoms with Crippen LogP contribution in [-0.2, 0) is 9.53 Å². The van der Waals surface area contributed by atoms with Crippen LogP contribution >= 0.6 is 0 Å². The zero-order valence-corrected chi connectivity index (χ0v) is 11.9. The molecule has 1 rings (SSSR count). The van der Waals surface area contributed by atoms with Crippen molar-refractivity contribution < 1.29 is 14.6 Å². The van der Waals surface area contributed by atoms with Crippen molar-refractivity contribution in [2.24, 2.45) is 0 Å².